The van der Waals surface area contributed by atoms with Gasteiger partial charge in [0, 0.05) is 23.9 Å². The van der Waals surface area contributed by atoms with Crippen LogP contribution in [0.15, 0.2) is 24.3 Å². The Bertz CT molecular complexity index is 969. The number of nitrogen functional groups attached to an aromatic ring is 1. The molecule has 0 unspecified atom stereocenters. The average molecular weight is 359 g/mol. The van der Waals surface area contributed by atoms with Gasteiger partial charge in [0.25, 0.3) is 5.91 Å². The molecule has 7 heteroatoms. The van der Waals surface area contributed by atoms with Gasteiger partial charge in [-0.25, -0.2) is 9.37 Å². The van der Waals surface area contributed by atoms with Crippen LogP contribution in [0.2, 0.25) is 0 Å². The predicted molar refractivity (Wildman–Crippen MR) is 98.6 cm³/mol. The summed E-state index contributed by atoms with van der Waals surface area (Å²) in [5.74, 6) is -0.758. The predicted octanol–water partition coefficient (Wildman–Crippen LogP) is 4.03. The molecule has 130 valence electrons. The third-order valence-corrected chi connectivity index (χ3v) is 4.94. The molecule has 3 aromatic rings. The number of benzene rings is 1. The van der Waals surface area contributed by atoms with E-state index in [0.29, 0.717) is 33.3 Å². The van der Waals surface area contributed by atoms with Crippen LogP contribution in [0.5, 0.6) is 0 Å². The summed E-state index contributed by atoms with van der Waals surface area (Å²) in [4.78, 5) is 18.1. The largest absolute Gasteiger partial charge is 0.397 e. The number of fused-ring (bicyclic) bond motifs is 1. The number of aromatic nitrogens is 1. The Morgan fingerprint density at radius 1 is 1.36 bits per heavy atom. The van der Waals surface area contributed by atoms with Crippen molar-refractivity contribution in [2.24, 2.45) is 0 Å². The van der Waals surface area contributed by atoms with Gasteiger partial charge in [-0.2, -0.15) is 0 Å². The molecule has 2 aromatic heterocycles. The zero-order valence-corrected chi connectivity index (χ0v) is 15.0. The Kier molecular flexibility index (Phi) is 4.69. The lowest BCUT2D eigenvalue weighted by Crippen LogP contribution is -2.12. The second-order valence-electron chi connectivity index (χ2n) is 5.80. The van der Waals surface area contributed by atoms with E-state index in [1.807, 2.05) is 13.0 Å². The van der Waals surface area contributed by atoms with E-state index in [1.165, 1.54) is 17.4 Å². The molecular weight excluding hydrogens is 341 g/mol. The van der Waals surface area contributed by atoms with Gasteiger partial charge in [0.05, 0.1) is 12.3 Å². The number of rotatable bonds is 4. The van der Waals surface area contributed by atoms with Crippen LogP contribution in [0.1, 0.15) is 26.5 Å². The molecule has 0 aliphatic heterocycles. The molecule has 0 spiro atoms. The van der Waals surface area contributed by atoms with E-state index in [0.717, 1.165) is 16.6 Å². The van der Waals surface area contributed by atoms with Crippen LogP contribution in [-0.2, 0) is 11.3 Å². The van der Waals surface area contributed by atoms with Crippen molar-refractivity contribution in [1.82, 2.24) is 4.98 Å². The van der Waals surface area contributed by atoms with Crippen molar-refractivity contribution in [3.05, 3.63) is 51.8 Å². The van der Waals surface area contributed by atoms with Crippen molar-refractivity contribution in [2.45, 2.75) is 20.5 Å². The number of anilines is 2. The SMILES string of the molecule is COCc1cc(C)nc2sc(C(=O)Nc3ccc(C)c(F)c3)c(N)c12. The topological polar surface area (TPSA) is 77.2 Å². The van der Waals surface area contributed by atoms with E-state index >= 15 is 0 Å². The number of nitrogens with zero attached hydrogens (tertiary/aromatic N) is 1. The summed E-state index contributed by atoms with van der Waals surface area (Å²) in [7, 11) is 1.60. The fourth-order valence-corrected chi connectivity index (χ4v) is 3.72. The summed E-state index contributed by atoms with van der Waals surface area (Å²) in [5.41, 5.74) is 9.19. The fourth-order valence-electron chi connectivity index (χ4n) is 2.63. The van der Waals surface area contributed by atoms with Gasteiger partial charge in [-0.15, -0.1) is 11.3 Å². The van der Waals surface area contributed by atoms with E-state index in [4.69, 9.17) is 10.5 Å². The highest BCUT2D eigenvalue weighted by molar-refractivity contribution is 7.21. The minimum absolute atomic E-state index is 0.353. The molecule has 0 radical (unpaired) electrons. The highest BCUT2D eigenvalue weighted by Crippen LogP contribution is 2.36. The number of halogens is 1. The number of amides is 1. The number of ether oxygens (including phenoxy) is 1. The van der Waals surface area contributed by atoms with Gasteiger partial charge in [0.2, 0.25) is 0 Å². The van der Waals surface area contributed by atoms with Gasteiger partial charge in [0.15, 0.2) is 0 Å². The second-order valence-corrected chi connectivity index (χ2v) is 6.80. The highest BCUT2D eigenvalue weighted by Gasteiger charge is 2.20. The summed E-state index contributed by atoms with van der Waals surface area (Å²) in [6, 6.07) is 6.45. The maximum atomic E-state index is 13.7. The standard InChI is InChI=1S/C18H18FN3O2S/c1-9-4-5-12(7-13(9)19)22-17(23)16-15(20)14-11(8-24-3)6-10(2)21-18(14)25-16/h4-7H,8,20H2,1-3H3,(H,22,23). The summed E-state index contributed by atoms with van der Waals surface area (Å²) in [6.45, 7) is 3.92. The molecule has 1 aromatic carbocycles. The number of pyridine rings is 1. The fraction of sp³-hybridized carbons (Fsp3) is 0.222. The van der Waals surface area contributed by atoms with Crippen molar-refractivity contribution in [1.29, 1.82) is 0 Å². The van der Waals surface area contributed by atoms with Crippen LogP contribution in [0.3, 0.4) is 0 Å². The summed E-state index contributed by atoms with van der Waals surface area (Å²) in [5, 5.41) is 3.42. The number of hydrogen-bond acceptors (Lipinski definition) is 5. The van der Waals surface area contributed by atoms with E-state index in [-0.39, 0.29) is 11.7 Å². The van der Waals surface area contributed by atoms with Gasteiger partial charge < -0.3 is 15.8 Å². The lowest BCUT2D eigenvalue weighted by molar-refractivity contribution is 0.103. The molecule has 5 nitrogen and oxygen atoms in total. The van der Waals surface area contributed by atoms with Crippen molar-refractivity contribution >= 4 is 38.8 Å². The summed E-state index contributed by atoms with van der Waals surface area (Å²) < 4.78 is 18.9. The number of thiophene rings is 1. The van der Waals surface area contributed by atoms with E-state index in [9.17, 15) is 9.18 Å². The van der Waals surface area contributed by atoms with Crippen molar-refractivity contribution in [3.63, 3.8) is 0 Å². The molecule has 3 N–H and O–H groups in total. The Hall–Kier alpha value is -2.51. The normalized spacial score (nSPS) is 11.0. The van der Waals surface area contributed by atoms with Gasteiger partial charge >= 0.3 is 0 Å². The monoisotopic (exact) mass is 359 g/mol. The smallest absolute Gasteiger partial charge is 0.267 e. The zero-order valence-electron chi connectivity index (χ0n) is 14.1. The van der Waals surface area contributed by atoms with Crippen LogP contribution >= 0.6 is 11.3 Å². The first kappa shape index (κ1) is 17.3. The molecule has 1 amide bonds. The van der Waals surface area contributed by atoms with Gasteiger partial charge in [-0.3, -0.25) is 4.79 Å². The maximum absolute atomic E-state index is 13.7. The number of nitrogens with two attached hydrogens (primary N) is 1. The summed E-state index contributed by atoms with van der Waals surface area (Å²) >= 11 is 1.22. The van der Waals surface area contributed by atoms with Gasteiger partial charge in [-0.1, -0.05) is 6.07 Å². The Balaban J connectivity index is 2.00. The minimum atomic E-state index is -0.384. The van der Waals surface area contributed by atoms with Crippen LogP contribution in [0.4, 0.5) is 15.8 Å². The van der Waals surface area contributed by atoms with Gasteiger partial charge in [-0.05, 0) is 43.2 Å². The van der Waals surface area contributed by atoms with E-state index < -0.39 is 0 Å². The average Bonchev–Trinajstić information content (AvgIpc) is 2.88. The number of hydrogen-bond donors (Lipinski definition) is 2. The van der Waals surface area contributed by atoms with Gasteiger partial charge in [0.1, 0.15) is 15.5 Å². The number of methoxy groups -OCH3 is 1. The third kappa shape index (κ3) is 3.33. The molecule has 0 saturated heterocycles. The van der Waals surface area contributed by atoms with E-state index in [2.05, 4.69) is 10.3 Å². The van der Waals surface area contributed by atoms with Crippen LogP contribution in [0, 0.1) is 19.7 Å². The lowest BCUT2D eigenvalue weighted by atomic mass is 10.1. The summed E-state index contributed by atoms with van der Waals surface area (Å²) in [6.07, 6.45) is 0. The third-order valence-electron chi connectivity index (χ3n) is 3.84. The van der Waals surface area contributed by atoms with Crippen LogP contribution < -0.4 is 11.1 Å². The second kappa shape index (κ2) is 6.78. The number of nitrogens with one attached hydrogen (secondary N) is 1. The first-order chi connectivity index (χ1) is 11.9. The molecule has 3 rings (SSSR count). The molecule has 0 aliphatic rings. The maximum Gasteiger partial charge on any atom is 0.267 e. The minimum Gasteiger partial charge on any atom is -0.397 e. The molecule has 25 heavy (non-hydrogen) atoms. The van der Waals surface area contributed by atoms with Crippen LogP contribution in [0.25, 0.3) is 10.2 Å². The Morgan fingerprint density at radius 2 is 2.12 bits per heavy atom. The lowest BCUT2D eigenvalue weighted by Gasteiger charge is -2.06. The number of carbonyl (C=O) groups is 1. The van der Waals surface area contributed by atoms with Crippen LogP contribution in [-0.4, -0.2) is 18.0 Å². The molecule has 0 fully saturated rings. The molecule has 0 saturated carbocycles. The highest BCUT2D eigenvalue weighted by atomic mass is 32.1. The molecular formula is C18H18FN3O2S. The van der Waals surface area contributed by atoms with E-state index in [1.54, 1.807) is 26.2 Å². The van der Waals surface area contributed by atoms with Crippen molar-refractivity contribution in [3.8, 4) is 0 Å². The van der Waals surface area contributed by atoms with Crippen molar-refractivity contribution in [2.75, 3.05) is 18.2 Å². The molecule has 0 aliphatic carbocycles. The quantitative estimate of drug-likeness (QED) is 0.737. The zero-order chi connectivity index (χ0) is 18.1. The number of aryl methyl sites for hydroxylation is 2. The number of carbonyl (C=O) groups excluding carboxylic acids is 1. The molecule has 2 heterocycles. The van der Waals surface area contributed by atoms with Crippen molar-refractivity contribution < 1.29 is 13.9 Å². The first-order valence-electron chi connectivity index (χ1n) is 7.65. The molecule has 0 atom stereocenters. The Labute approximate surface area is 148 Å². The first-order valence-corrected chi connectivity index (χ1v) is 8.47. The Morgan fingerprint density at radius 3 is 2.80 bits per heavy atom. The molecule has 0 bridgehead atoms.